The van der Waals surface area contributed by atoms with E-state index in [-0.39, 0.29) is 12.7 Å². The summed E-state index contributed by atoms with van der Waals surface area (Å²) in [4.78, 5) is 10.9. The number of aryl methyl sites for hydroxylation is 1. The Balaban J connectivity index is 2.03. The van der Waals surface area contributed by atoms with Gasteiger partial charge in [0.2, 0.25) is 5.95 Å². The van der Waals surface area contributed by atoms with Crippen molar-refractivity contribution in [3.63, 3.8) is 0 Å². The lowest BCUT2D eigenvalue weighted by molar-refractivity contribution is 0.109. The van der Waals surface area contributed by atoms with E-state index < -0.39 is 0 Å². The van der Waals surface area contributed by atoms with E-state index in [2.05, 4.69) is 14.9 Å². The van der Waals surface area contributed by atoms with Crippen molar-refractivity contribution in [2.75, 3.05) is 18.0 Å². The molecular weight excluding hydrogens is 230 g/mol. The first-order valence-corrected chi connectivity index (χ1v) is 6.48. The maximum atomic E-state index is 9.57. The fourth-order valence-electron chi connectivity index (χ4n) is 2.37. The number of aliphatic hydroxyl groups excluding tert-OH is 2. The maximum Gasteiger partial charge on any atom is 0.225 e. The lowest BCUT2D eigenvalue weighted by Crippen LogP contribution is -2.38. The van der Waals surface area contributed by atoms with Crippen molar-refractivity contribution < 1.29 is 10.2 Å². The van der Waals surface area contributed by atoms with Gasteiger partial charge in [0, 0.05) is 30.5 Å². The molecular formula is C13H21N3O2. The molecule has 1 atom stereocenters. The van der Waals surface area contributed by atoms with Gasteiger partial charge in [-0.25, -0.2) is 9.97 Å². The van der Waals surface area contributed by atoms with E-state index in [0.717, 1.165) is 43.1 Å². The van der Waals surface area contributed by atoms with Gasteiger partial charge in [-0.15, -0.1) is 0 Å². The van der Waals surface area contributed by atoms with E-state index in [0.29, 0.717) is 5.92 Å². The predicted octanol–water partition coefficient (Wildman–Crippen LogP) is 0.875. The minimum absolute atomic E-state index is 0.0176. The first-order chi connectivity index (χ1) is 8.61. The van der Waals surface area contributed by atoms with Crippen LogP contribution in [0.1, 0.15) is 31.0 Å². The van der Waals surface area contributed by atoms with E-state index in [4.69, 9.17) is 5.11 Å². The molecule has 0 aromatic carbocycles. The third kappa shape index (κ3) is 2.79. The van der Waals surface area contributed by atoms with Crippen molar-refractivity contribution in [3.05, 3.63) is 17.5 Å². The molecule has 5 nitrogen and oxygen atoms in total. The molecule has 2 rings (SSSR count). The topological polar surface area (TPSA) is 69.5 Å². The highest BCUT2D eigenvalue weighted by Crippen LogP contribution is 2.23. The molecule has 18 heavy (non-hydrogen) atoms. The van der Waals surface area contributed by atoms with Crippen molar-refractivity contribution in [3.8, 4) is 0 Å². The normalized spacial score (nSPS) is 19.0. The summed E-state index contributed by atoms with van der Waals surface area (Å²) in [5.74, 6) is 1.12. The minimum atomic E-state index is -0.230. The number of piperidine rings is 1. The largest absolute Gasteiger partial charge is 0.393 e. The van der Waals surface area contributed by atoms with Crippen LogP contribution < -0.4 is 4.90 Å². The Bertz CT molecular complexity index is 401. The summed E-state index contributed by atoms with van der Waals surface area (Å²) in [6.45, 7) is 5.49. The molecule has 1 fully saturated rings. The Morgan fingerprint density at radius 3 is 2.61 bits per heavy atom. The SMILES string of the molecule is Cc1nc(N2CCC(C(C)O)CC2)ncc1CO. The molecule has 5 heteroatoms. The van der Waals surface area contributed by atoms with Gasteiger partial charge in [0.25, 0.3) is 0 Å². The number of hydrogen-bond donors (Lipinski definition) is 2. The van der Waals surface area contributed by atoms with Gasteiger partial charge in [-0.05, 0) is 32.6 Å². The molecule has 0 bridgehead atoms. The first-order valence-electron chi connectivity index (χ1n) is 6.48. The van der Waals surface area contributed by atoms with Crippen molar-refractivity contribution in [1.29, 1.82) is 0 Å². The second-order valence-electron chi connectivity index (χ2n) is 5.00. The molecule has 2 N–H and O–H groups in total. The predicted molar refractivity (Wildman–Crippen MR) is 69.3 cm³/mol. The molecule has 100 valence electrons. The van der Waals surface area contributed by atoms with E-state index >= 15 is 0 Å². The first kappa shape index (κ1) is 13.2. The molecule has 1 saturated heterocycles. The van der Waals surface area contributed by atoms with Crippen LogP contribution >= 0.6 is 0 Å². The van der Waals surface area contributed by atoms with Crippen molar-refractivity contribution >= 4 is 5.95 Å². The Labute approximate surface area is 107 Å². The highest BCUT2D eigenvalue weighted by molar-refractivity contribution is 5.33. The monoisotopic (exact) mass is 251 g/mol. The molecule has 1 aliphatic heterocycles. The standard InChI is InChI=1S/C13H21N3O2/c1-9-12(8-17)7-14-13(15-9)16-5-3-11(4-6-16)10(2)18/h7,10-11,17-18H,3-6,8H2,1-2H3. The average molecular weight is 251 g/mol. The van der Waals surface area contributed by atoms with Crippen molar-refractivity contribution in [1.82, 2.24) is 9.97 Å². The molecule has 1 aliphatic rings. The summed E-state index contributed by atoms with van der Waals surface area (Å²) in [5, 5.41) is 18.7. The Morgan fingerprint density at radius 2 is 2.11 bits per heavy atom. The maximum absolute atomic E-state index is 9.57. The smallest absolute Gasteiger partial charge is 0.225 e. The van der Waals surface area contributed by atoms with Gasteiger partial charge in [-0.1, -0.05) is 0 Å². The lowest BCUT2D eigenvalue weighted by Gasteiger charge is -2.33. The van der Waals surface area contributed by atoms with Crippen LogP contribution in [0.25, 0.3) is 0 Å². The van der Waals surface area contributed by atoms with E-state index in [1.807, 2.05) is 13.8 Å². The van der Waals surface area contributed by atoms with Gasteiger partial charge in [0.05, 0.1) is 12.7 Å². The molecule has 0 aliphatic carbocycles. The van der Waals surface area contributed by atoms with Crippen LogP contribution in [0.4, 0.5) is 5.95 Å². The van der Waals surface area contributed by atoms with Gasteiger partial charge in [-0.2, -0.15) is 0 Å². The van der Waals surface area contributed by atoms with E-state index in [1.54, 1.807) is 6.20 Å². The van der Waals surface area contributed by atoms with Gasteiger partial charge in [0.1, 0.15) is 0 Å². The average Bonchev–Trinajstić information content (AvgIpc) is 2.38. The zero-order valence-corrected chi connectivity index (χ0v) is 11.0. The number of aromatic nitrogens is 2. The zero-order chi connectivity index (χ0) is 13.1. The molecule has 0 spiro atoms. The fourth-order valence-corrected chi connectivity index (χ4v) is 2.37. The number of aliphatic hydroxyl groups is 2. The summed E-state index contributed by atoms with van der Waals surface area (Å²) in [6.07, 6.45) is 3.41. The van der Waals surface area contributed by atoms with Crippen LogP contribution in [0.5, 0.6) is 0 Å². The van der Waals surface area contributed by atoms with Crippen LogP contribution in [-0.2, 0) is 6.61 Å². The highest BCUT2D eigenvalue weighted by Gasteiger charge is 2.24. The van der Waals surface area contributed by atoms with E-state index in [9.17, 15) is 5.11 Å². The Morgan fingerprint density at radius 1 is 1.44 bits per heavy atom. The summed E-state index contributed by atoms with van der Waals surface area (Å²) >= 11 is 0. The number of anilines is 1. The number of nitrogens with zero attached hydrogens (tertiary/aromatic N) is 3. The number of hydrogen-bond acceptors (Lipinski definition) is 5. The molecule has 1 unspecified atom stereocenters. The Kier molecular flexibility index (Phi) is 4.14. The highest BCUT2D eigenvalue weighted by atomic mass is 16.3. The summed E-state index contributed by atoms with van der Waals surface area (Å²) in [5.41, 5.74) is 1.61. The molecule has 0 amide bonds. The molecule has 1 aromatic rings. The molecule has 0 radical (unpaired) electrons. The summed E-state index contributed by atoms with van der Waals surface area (Å²) in [6, 6.07) is 0. The Hall–Kier alpha value is -1.20. The van der Waals surface area contributed by atoms with Crippen LogP contribution in [0.3, 0.4) is 0 Å². The molecule has 1 aromatic heterocycles. The fraction of sp³-hybridized carbons (Fsp3) is 0.692. The summed E-state index contributed by atoms with van der Waals surface area (Å²) in [7, 11) is 0. The summed E-state index contributed by atoms with van der Waals surface area (Å²) < 4.78 is 0. The van der Waals surface area contributed by atoms with Gasteiger partial charge in [0.15, 0.2) is 0 Å². The van der Waals surface area contributed by atoms with Gasteiger partial charge in [-0.3, -0.25) is 0 Å². The zero-order valence-electron chi connectivity index (χ0n) is 11.0. The van der Waals surface area contributed by atoms with Gasteiger partial charge >= 0.3 is 0 Å². The second kappa shape index (κ2) is 5.63. The van der Waals surface area contributed by atoms with E-state index in [1.165, 1.54) is 0 Å². The lowest BCUT2D eigenvalue weighted by atomic mass is 9.92. The van der Waals surface area contributed by atoms with Crippen LogP contribution in [-0.4, -0.2) is 39.4 Å². The molecule has 2 heterocycles. The number of rotatable bonds is 3. The quantitative estimate of drug-likeness (QED) is 0.834. The van der Waals surface area contributed by atoms with Gasteiger partial charge < -0.3 is 15.1 Å². The van der Waals surface area contributed by atoms with Crippen LogP contribution in [0.15, 0.2) is 6.20 Å². The second-order valence-corrected chi connectivity index (χ2v) is 5.00. The van der Waals surface area contributed by atoms with Crippen molar-refractivity contribution in [2.45, 2.75) is 39.4 Å². The third-order valence-electron chi connectivity index (χ3n) is 3.74. The minimum Gasteiger partial charge on any atom is -0.393 e. The molecule has 0 saturated carbocycles. The van der Waals surface area contributed by atoms with Crippen molar-refractivity contribution in [2.24, 2.45) is 5.92 Å². The van der Waals surface area contributed by atoms with Crippen LogP contribution in [0, 0.1) is 12.8 Å². The third-order valence-corrected chi connectivity index (χ3v) is 3.74. The van der Waals surface area contributed by atoms with Crippen LogP contribution in [0.2, 0.25) is 0 Å².